The number of rotatable bonds is 8. The smallest absolute Gasteiger partial charge is 0.263 e. The zero-order chi connectivity index (χ0) is 25.5. The number of fused-ring (bicyclic) bond motifs is 6. The summed E-state index contributed by atoms with van der Waals surface area (Å²) in [6.45, 7) is 8.57. The van der Waals surface area contributed by atoms with Crippen molar-refractivity contribution in [2.45, 2.75) is 74.8 Å². The molecule has 192 valence electrons. The Bertz CT molecular complexity index is 1540. The molecule has 0 radical (unpaired) electrons. The molecule has 0 aromatic carbocycles. The highest BCUT2D eigenvalue weighted by atomic mass is 32.2. The lowest BCUT2D eigenvalue weighted by Gasteiger charge is -2.13. The number of thiophene rings is 2. The number of aryl methyl sites for hydroxylation is 4. The SMILES string of the molecule is C=CCn1c(SCSc2nc3sc4c(c3c(=O)n2CC=C)CCCC4)nc2sc3c(c2c1=O)CCCC3. The standard InChI is InChI=1S/C27H28N4O2S4/c1-3-13-30-24(32)20-16-9-5-7-11-18(16)36-22(20)28-26(30)34-15-35-27-29-23-21(25(33)31(27)14-4-2)17-10-6-8-12-19(17)37-23/h3-4H,1-2,5-15H2. The Hall–Kier alpha value is -2.14. The maximum atomic E-state index is 13.5. The van der Waals surface area contributed by atoms with Gasteiger partial charge in [-0.2, -0.15) is 0 Å². The molecule has 0 amide bonds. The molecule has 0 bridgehead atoms. The van der Waals surface area contributed by atoms with Crippen molar-refractivity contribution in [1.82, 2.24) is 19.1 Å². The van der Waals surface area contributed by atoms with Crippen molar-refractivity contribution in [2.24, 2.45) is 0 Å². The van der Waals surface area contributed by atoms with E-state index in [9.17, 15) is 9.59 Å². The number of nitrogens with zero attached hydrogens (tertiary/aromatic N) is 4. The molecule has 2 aliphatic rings. The Morgan fingerprint density at radius 1 is 0.730 bits per heavy atom. The molecule has 0 atom stereocenters. The summed E-state index contributed by atoms with van der Waals surface area (Å²) in [5, 5.41) is 3.56. The second kappa shape index (κ2) is 10.6. The summed E-state index contributed by atoms with van der Waals surface area (Å²) in [5.74, 6) is 0. The Balaban J connectivity index is 1.33. The predicted molar refractivity (Wildman–Crippen MR) is 158 cm³/mol. The Morgan fingerprint density at radius 2 is 1.16 bits per heavy atom. The van der Waals surface area contributed by atoms with Crippen LogP contribution in [0.5, 0.6) is 0 Å². The van der Waals surface area contributed by atoms with Gasteiger partial charge >= 0.3 is 0 Å². The molecule has 0 spiro atoms. The molecule has 37 heavy (non-hydrogen) atoms. The summed E-state index contributed by atoms with van der Waals surface area (Å²) in [6, 6.07) is 0. The van der Waals surface area contributed by atoms with Crippen LogP contribution in [0.4, 0.5) is 0 Å². The van der Waals surface area contributed by atoms with Crippen LogP contribution in [-0.4, -0.2) is 24.2 Å². The van der Waals surface area contributed by atoms with E-state index in [1.807, 2.05) is 0 Å². The van der Waals surface area contributed by atoms with Crippen LogP contribution in [0.2, 0.25) is 0 Å². The summed E-state index contributed by atoms with van der Waals surface area (Å²) < 4.78 is 3.48. The molecule has 0 unspecified atom stereocenters. The third-order valence-corrected chi connectivity index (χ3v) is 11.5. The number of allylic oxidation sites excluding steroid dienone is 2. The van der Waals surface area contributed by atoms with Crippen molar-refractivity contribution >= 4 is 66.6 Å². The van der Waals surface area contributed by atoms with E-state index in [0.29, 0.717) is 28.5 Å². The van der Waals surface area contributed by atoms with E-state index in [4.69, 9.17) is 9.97 Å². The van der Waals surface area contributed by atoms with Gasteiger partial charge in [0.1, 0.15) is 9.66 Å². The van der Waals surface area contributed by atoms with Gasteiger partial charge in [0.15, 0.2) is 10.3 Å². The van der Waals surface area contributed by atoms with Gasteiger partial charge in [0.2, 0.25) is 0 Å². The number of hydrogen-bond acceptors (Lipinski definition) is 8. The summed E-state index contributed by atoms with van der Waals surface area (Å²) in [7, 11) is 0. The van der Waals surface area contributed by atoms with Crippen molar-refractivity contribution in [2.75, 3.05) is 5.08 Å². The van der Waals surface area contributed by atoms with E-state index in [1.54, 1.807) is 44.0 Å². The first-order valence-electron chi connectivity index (χ1n) is 12.7. The lowest BCUT2D eigenvalue weighted by atomic mass is 9.97. The van der Waals surface area contributed by atoms with Crippen LogP contribution >= 0.6 is 46.2 Å². The molecule has 4 heterocycles. The van der Waals surface area contributed by atoms with Crippen LogP contribution < -0.4 is 11.1 Å². The van der Waals surface area contributed by atoms with Gasteiger partial charge < -0.3 is 0 Å². The van der Waals surface area contributed by atoms with E-state index >= 15 is 0 Å². The summed E-state index contributed by atoms with van der Waals surface area (Å²) in [5.41, 5.74) is 2.47. The van der Waals surface area contributed by atoms with E-state index in [0.717, 1.165) is 59.0 Å². The third kappa shape index (κ3) is 4.45. The molecule has 0 aliphatic heterocycles. The van der Waals surface area contributed by atoms with Crippen LogP contribution in [0.25, 0.3) is 20.4 Å². The lowest BCUT2D eigenvalue weighted by Crippen LogP contribution is -2.24. The van der Waals surface area contributed by atoms with Gasteiger partial charge in [0.25, 0.3) is 11.1 Å². The van der Waals surface area contributed by atoms with Gasteiger partial charge in [-0.3, -0.25) is 18.7 Å². The number of hydrogen-bond donors (Lipinski definition) is 0. The average Bonchev–Trinajstić information content (AvgIpc) is 3.46. The molecule has 0 saturated carbocycles. The minimum atomic E-state index is 0.0316. The van der Waals surface area contributed by atoms with Crippen molar-refractivity contribution in [3.8, 4) is 0 Å². The molecule has 4 aromatic rings. The average molecular weight is 569 g/mol. The fourth-order valence-corrected chi connectivity index (χ4v) is 10.0. The highest BCUT2D eigenvalue weighted by molar-refractivity contribution is 8.15. The highest BCUT2D eigenvalue weighted by Crippen LogP contribution is 2.37. The quantitative estimate of drug-likeness (QED) is 0.109. The molecular weight excluding hydrogens is 541 g/mol. The fraction of sp³-hybridized carbons (Fsp3) is 0.407. The first kappa shape index (κ1) is 25.2. The van der Waals surface area contributed by atoms with Crippen molar-refractivity contribution in [1.29, 1.82) is 0 Å². The largest absolute Gasteiger partial charge is 0.283 e. The van der Waals surface area contributed by atoms with Gasteiger partial charge in [-0.15, -0.1) is 35.8 Å². The van der Waals surface area contributed by atoms with Crippen LogP contribution in [0.1, 0.15) is 46.6 Å². The van der Waals surface area contributed by atoms with Crippen molar-refractivity contribution < 1.29 is 0 Å². The van der Waals surface area contributed by atoms with Gasteiger partial charge in [-0.25, -0.2) is 9.97 Å². The summed E-state index contributed by atoms with van der Waals surface area (Å²) >= 11 is 6.38. The second-order valence-corrected chi connectivity index (χ2v) is 13.8. The zero-order valence-corrected chi connectivity index (χ0v) is 23.9. The Labute approximate surface area is 231 Å². The van der Waals surface area contributed by atoms with E-state index < -0.39 is 0 Å². The normalized spacial score (nSPS) is 15.1. The summed E-state index contributed by atoms with van der Waals surface area (Å²) in [6.07, 6.45) is 12.1. The van der Waals surface area contributed by atoms with Crippen LogP contribution in [0.15, 0.2) is 45.2 Å². The van der Waals surface area contributed by atoms with Crippen molar-refractivity contribution in [3.63, 3.8) is 0 Å². The highest BCUT2D eigenvalue weighted by Gasteiger charge is 2.24. The predicted octanol–water partition coefficient (Wildman–Crippen LogP) is 6.20. The van der Waals surface area contributed by atoms with Crippen LogP contribution in [-0.2, 0) is 38.8 Å². The number of aromatic nitrogens is 4. The van der Waals surface area contributed by atoms with Gasteiger partial charge in [0, 0.05) is 22.8 Å². The van der Waals surface area contributed by atoms with Gasteiger partial charge in [-0.05, 0) is 62.5 Å². The lowest BCUT2D eigenvalue weighted by molar-refractivity contribution is 0.667. The first-order valence-corrected chi connectivity index (χ1v) is 16.3. The molecular formula is C27H28N4O2S4. The third-order valence-electron chi connectivity index (χ3n) is 7.08. The van der Waals surface area contributed by atoms with Crippen LogP contribution in [0.3, 0.4) is 0 Å². The second-order valence-electron chi connectivity index (χ2n) is 9.39. The maximum Gasteiger partial charge on any atom is 0.263 e. The molecule has 2 aliphatic carbocycles. The van der Waals surface area contributed by atoms with E-state index in [2.05, 4.69) is 13.2 Å². The van der Waals surface area contributed by atoms with Gasteiger partial charge in [-0.1, -0.05) is 35.7 Å². The zero-order valence-electron chi connectivity index (χ0n) is 20.6. The molecule has 4 aromatic heterocycles. The molecule has 0 saturated heterocycles. The van der Waals surface area contributed by atoms with Crippen molar-refractivity contribution in [3.05, 3.63) is 66.9 Å². The molecule has 0 fully saturated rings. The molecule has 0 N–H and O–H groups in total. The Morgan fingerprint density at radius 3 is 1.59 bits per heavy atom. The van der Waals surface area contributed by atoms with E-state index in [-0.39, 0.29) is 11.1 Å². The van der Waals surface area contributed by atoms with Gasteiger partial charge in [0.05, 0.1) is 15.9 Å². The maximum absolute atomic E-state index is 13.5. The minimum absolute atomic E-state index is 0.0316. The first-order chi connectivity index (χ1) is 18.1. The number of thioether (sulfide) groups is 2. The molecule has 6 nitrogen and oxygen atoms in total. The van der Waals surface area contributed by atoms with E-state index in [1.165, 1.54) is 57.2 Å². The molecule has 6 rings (SSSR count). The Kier molecular flexibility index (Phi) is 7.17. The fourth-order valence-electron chi connectivity index (χ4n) is 5.38. The summed E-state index contributed by atoms with van der Waals surface area (Å²) in [4.78, 5) is 41.3. The van der Waals surface area contributed by atoms with Crippen LogP contribution in [0, 0.1) is 0 Å². The minimum Gasteiger partial charge on any atom is -0.283 e. The topological polar surface area (TPSA) is 69.8 Å². The molecule has 10 heteroatoms. The monoisotopic (exact) mass is 568 g/mol.